The highest BCUT2D eigenvalue weighted by Crippen LogP contribution is 2.26. The van der Waals surface area contributed by atoms with Crippen molar-refractivity contribution >= 4 is 41.0 Å². The van der Waals surface area contributed by atoms with Crippen LogP contribution >= 0.6 is 0 Å². The van der Waals surface area contributed by atoms with Crippen LogP contribution in [0.25, 0.3) is 0 Å². The zero-order valence-corrected chi connectivity index (χ0v) is 17.6. The second kappa shape index (κ2) is 9.72. The number of carboxylic acids is 2. The number of anilines is 4. The third-order valence-electron chi connectivity index (χ3n) is 4.93. The Labute approximate surface area is 187 Å². The number of carboxylic acid groups (broad SMARTS) is 2. The number of amides is 1. The zero-order chi connectivity index (χ0) is 24.1. The Bertz CT molecular complexity index is 1160. The fourth-order valence-electron chi connectivity index (χ4n) is 3.16. The highest BCUT2D eigenvalue weighted by molar-refractivity contribution is 5.97. The van der Waals surface area contributed by atoms with Gasteiger partial charge in [-0.05, 0) is 30.7 Å². The number of nitrogens with two attached hydrogens (primary N) is 1. The predicted molar refractivity (Wildman–Crippen MR) is 120 cm³/mol. The quantitative estimate of drug-likeness (QED) is 0.271. The van der Waals surface area contributed by atoms with Crippen molar-refractivity contribution in [3.63, 3.8) is 0 Å². The van der Waals surface area contributed by atoms with Gasteiger partial charge < -0.3 is 41.8 Å². The van der Waals surface area contributed by atoms with Crippen LogP contribution in [0.1, 0.15) is 23.2 Å². The van der Waals surface area contributed by atoms with E-state index in [1.807, 2.05) is 0 Å². The standard InChI is InChI=1S/C20H23N7O6/c1-27-12(9-23-16-15(27)18(31)26-20(21)25-16)8-22-11-4-2-10(3-5-11)17(30)24-13(19(32)33)6-7-14(28)29/h2-5,9,13,22H,6-8H2,1H3,(H,24,30)(H,28,29)(H,32,33)(H4,21,23,25,26,31). The van der Waals surface area contributed by atoms with Gasteiger partial charge >= 0.3 is 17.5 Å². The van der Waals surface area contributed by atoms with Crippen molar-refractivity contribution in [2.75, 3.05) is 34.9 Å². The highest BCUT2D eigenvalue weighted by atomic mass is 16.4. The first-order chi connectivity index (χ1) is 15.7. The van der Waals surface area contributed by atoms with Crippen LogP contribution in [0.5, 0.6) is 0 Å². The first kappa shape index (κ1) is 23.1. The smallest absolute Gasteiger partial charge is 0.326 e. The average molecular weight is 457 g/mol. The number of aliphatic carboxylic acids is 2. The van der Waals surface area contributed by atoms with Crippen LogP contribution in [0.2, 0.25) is 0 Å². The molecular formula is C20H23N7O6. The van der Waals surface area contributed by atoms with Crippen LogP contribution in [-0.2, 0) is 9.59 Å². The van der Waals surface area contributed by atoms with Crippen molar-refractivity contribution in [1.29, 1.82) is 0 Å². The number of benzene rings is 1. The number of nitrogen functional groups attached to an aromatic ring is 1. The lowest BCUT2D eigenvalue weighted by Gasteiger charge is -2.28. The lowest BCUT2D eigenvalue weighted by atomic mass is 10.1. The summed E-state index contributed by atoms with van der Waals surface area (Å²) in [7, 11) is 1.72. The van der Waals surface area contributed by atoms with Crippen LogP contribution in [0.15, 0.2) is 41.0 Å². The Kier molecular flexibility index (Phi) is 6.81. The second-order valence-electron chi connectivity index (χ2n) is 7.22. The fourth-order valence-corrected chi connectivity index (χ4v) is 3.16. The van der Waals surface area contributed by atoms with Crippen molar-refractivity contribution in [2.24, 2.45) is 0 Å². The Balaban J connectivity index is 1.60. The van der Waals surface area contributed by atoms with E-state index in [0.29, 0.717) is 23.7 Å². The number of H-pyrrole nitrogens is 1. The van der Waals surface area contributed by atoms with E-state index in [1.54, 1.807) is 30.3 Å². The van der Waals surface area contributed by atoms with E-state index in [4.69, 9.17) is 15.9 Å². The van der Waals surface area contributed by atoms with E-state index in [9.17, 15) is 19.2 Å². The minimum absolute atomic E-state index is 0.00955. The molecular weight excluding hydrogens is 434 g/mol. The summed E-state index contributed by atoms with van der Waals surface area (Å²) < 4.78 is 0. The van der Waals surface area contributed by atoms with Crippen molar-refractivity contribution in [1.82, 2.24) is 15.3 Å². The van der Waals surface area contributed by atoms with Gasteiger partial charge in [0, 0.05) is 30.9 Å². The molecule has 2 heterocycles. The van der Waals surface area contributed by atoms with Crippen LogP contribution in [-0.4, -0.2) is 57.7 Å². The Morgan fingerprint density at radius 1 is 1.21 bits per heavy atom. The molecule has 0 radical (unpaired) electrons. The Morgan fingerprint density at radius 3 is 2.55 bits per heavy atom. The molecule has 13 heteroatoms. The van der Waals surface area contributed by atoms with Crippen LogP contribution < -0.4 is 32.1 Å². The van der Waals surface area contributed by atoms with Gasteiger partial charge in [0.05, 0.1) is 12.2 Å². The molecule has 2 aromatic rings. The van der Waals surface area contributed by atoms with E-state index in [2.05, 4.69) is 25.9 Å². The number of nitrogens with one attached hydrogen (secondary N) is 4. The van der Waals surface area contributed by atoms with Gasteiger partial charge in [-0.2, -0.15) is 4.98 Å². The maximum atomic E-state index is 12.3. The normalized spacial score (nSPS) is 13.2. The molecule has 33 heavy (non-hydrogen) atoms. The third kappa shape index (κ3) is 5.58. The molecule has 1 aliphatic heterocycles. The van der Waals surface area contributed by atoms with Gasteiger partial charge in [-0.3, -0.25) is 14.4 Å². The van der Waals surface area contributed by atoms with Crippen molar-refractivity contribution in [3.8, 4) is 0 Å². The van der Waals surface area contributed by atoms with E-state index >= 15 is 0 Å². The molecule has 1 atom stereocenters. The molecule has 0 aliphatic carbocycles. The summed E-state index contributed by atoms with van der Waals surface area (Å²) in [5.74, 6) is -2.62. The summed E-state index contributed by atoms with van der Waals surface area (Å²) in [6.07, 6.45) is 1.11. The molecule has 13 nitrogen and oxygen atoms in total. The van der Waals surface area contributed by atoms with E-state index in [1.165, 1.54) is 12.1 Å². The molecule has 174 valence electrons. The van der Waals surface area contributed by atoms with Gasteiger partial charge in [0.1, 0.15) is 11.9 Å². The summed E-state index contributed by atoms with van der Waals surface area (Å²) in [4.78, 5) is 54.6. The van der Waals surface area contributed by atoms with Gasteiger partial charge in [0.2, 0.25) is 5.95 Å². The molecule has 0 saturated carbocycles. The number of hydrogen-bond acceptors (Lipinski definition) is 9. The number of nitrogens with zero attached hydrogens (tertiary/aromatic N) is 2. The molecule has 0 spiro atoms. The summed E-state index contributed by atoms with van der Waals surface area (Å²) in [5, 5.41) is 26.3. The summed E-state index contributed by atoms with van der Waals surface area (Å²) in [6, 6.07) is 5.00. The molecule has 1 aliphatic rings. The molecule has 1 aromatic carbocycles. The Hall–Kier alpha value is -4.55. The number of aromatic amines is 1. The predicted octanol–water partition coefficient (Wildman–Crippen LogP) is 0.215. The summed E-state index contributed by atoms with van der Waals surface area (Å²) >= 11 is 0. The summed E-state index contributed by atoms with van der Waals surface area (Å²) in [5.41, 5.74) is 7.05. The van der Waals surface area contributed by atoms with E-state index < -0.39 is 29.4 Å². The van der Waals surface area contributed by atoms with Gasteiger partial charge in [-0.25, -0.2) is 4.79 Å². The van der Waals surface area contributed by atoms with Gasteiger partial charge in [-0.15, -0.1) is 0 Å². The molecule has 0 fully saturated rings. The minimum Gasteiger partial charge on any atom is -0.481 e. The zero-order valence-electron chi connectivity index (χ0n) is 17.6. The minimum atomic E-state index is -1.31. The second-order valence-corrected chi connectivity index (χ2v) is 7.22. The molecule has 0 bridgehead atoms. The van der Waals surface area contributed by atoms with Crippen LogP contribution in [0, 0.1) is 0 Å². The molecule has 1 aromatic heterocycles. The number of fused-ring (bicyclic) bond motifs is 1. The monoisotopic (exact) mass is 457 g/mol. The number of carbonyl (C=O) groups excluding carboxylic acids is 1. The number of carbonyl (C=O) groups is 3. The number of likely N-dealkylation sites (N-methyl/N-ethyl adjacent to an activating group) is 1. The molecule has 1 unspecified atom stereocenters. The maximum absolute atomic E-state index is 12.3. The Morgan fingerprint density at radius 2 is 1.91 bits per heavy atom. The van der Waals surface area contributed by atoms with Crippen molar-refractivity contribution < 1.29 is 24.6 Å². The van der Waals surface area contributed by atoms with Crippen molar-refractivity contribution in [2.45, 2.75) is 18.9 Å². The van der Waals surface area contributed by atoms with E-state index in [-0.39, 0.29) is 24.4 Å². The van der Waals surface area contributed by atoms with Crippen LogP contribution in [0.3, 0.4) is 0 Å². The third-order valence-corrected chi connectivity index (χ3v) is 4.93. The number of aromatic nitrogens is 2. The van der Waals surface area contributed by atoms with Crippen LogP contribution in [0.4, 0.5) is 23.1 Å². The molecule has 1 amide bonds. The SMILES string of the molecule is CN1C(CNc2ccc(C(=O)NC(CCC(=O)O)C(=O)O)cc2)=CNc2[nH]c(N)nc(=O)c21. The van der Waals surface area contributed by atoms with Crippen molar-refractivity contribution in [3.05, 3.63) is 52.1 Å². The molecule has 0 saturated heterocycles. The average Bonchev–Trinajstić information content (AvgIpc) is 2.75. The number of hydrogen-bond donors (Lipinski definition) is 7. The van der Waals surface area contributed by atoms with Gasteiger partial charge in [0.25, 0.3) is 5.91 Å². The topological polar surface area (TPSA) is 203 Å². The largest absolute Gasteiger partial charge is 0.481 e. The molecule has 8 N–H and O–H groups in total. The highest BCUT2D eigenvalue weighted by Gasteiger charge is 2.23. The number of rotatable bonds is 9. The van der Waals surface area contributed by atoms with E-state index in [0.717, 1.165) is 5.70 Å². The fraction of sp³-hybridized carbons (Fsp3) is 0.250. The first-order valence-corrected chi connectivity index (χ1v) is 9.84. The van der Waals surface area contributed by atoms with Gasteiger partial charge in [0.15, 0.2) is 5.69 Å². The lowest BCUT2D eigenvalue weighted by Crippen LogP contribution is -2.41. The maximum Gasteiger partial charge on any atom is 0.326 e. The lowest BCUT2D eigenvalue weighted by molar-refractivity contribution is -0.140. The van der Waals surface area contributed by atoms with Gasteiger partial charge in [-0.1, -0.05) is 0 Å². The molecule has 3 rings (SSSR count). The summed E-state index contributed by atoms with van der Waals surface area (Å²) in [6.45, 7) is 0.342. The first-order valence-electron chi connectivity index (χ1n) is 9.84.